The molecule has 0 atom stereocenters. The number of carbonyl (C=O) groups is 1. The zero-order valence-corrected chi connectivity index (χ0v) is 8.13. The smallest absolute Gasteiger partial charge is 0.126 e. The van der Waals surface area contributed by atoms with Crippen LogP contribution < -0.4 is 0 Å². The molecule has 0 bridgehead atoms. The summed E-state index contributed by atoms with van der Waals surface area (Å²) < 4.78 is 5.30. The first-order chi connectivity index (χ1) is 6.35. The molecule has 1 saturated carbocycles. The van der Waals surface area contributed by atoms with Gasteiger partial charge in [-0.15, -0.1) is 0 Å². The number of hydrogen-bond donors (Lipinski definition) is 0. The molecule has 2 fully saturated rings. The van der Waals surface area contributed by atoms with Crippen LogP contribution in [0.5, 0.6) is 0 Å². The molecule has 0 N–H and O–H groups in total. The number of carbonyl (C=O) groups excluding carboxylic acids is 1. The molecule has 1 saturated heterocycles. The van der Waals surface area contributed by atoms with Crippen LogP contribution in [0.1, 0.15) is 38.5 Å². The molecule has 74 valence electrons. The van der Waals surface area contributed by atoms with Gasteiger partial charge in [0.15, 0.2) is 0 Å². The van der Waals surface area contributed by atoms with Crippen molar-refractivity contribution < 1.29 is 9.53 Å². The third-order valence-electron chi connectivity index (χ3n) is 3.53. The molecule has 1 aliphatic carbocycles. The maximum Gasteiger partial charge on any atom is 0.126 e. The van der Waals surface area contributed by atoms with Gasteiger partial charge in [-0.25, -0.2) is 0 Å². The van der Waals surface area contributed by atoms with E-state index in [9.17, 15) is 4.79 Å². The Morgan fingerprint density at radius 3 is 2.54 bits per heavy atom. The number of hydrogen-bond acceptors (Lipinski definition) is 2. The highest BCUT2D eigenvalue weighted by molar-refractivity contribution is 5.63. The third-order valence-corrected chi connectivity index (χ3v) is 3.53. The lowest BCUT2D eigenvalue weighted by atomic mass is 9.90. The highest BCUT2D eigenvalue weighted by Crippen LogP contribution is 2.48. The molecule has 0 spiro atoms. The van der Waals surface area contributed by atoms with Gasteiger partial charge in [0, 0.05) is 18.6 Å². The summed E-state index contributed by atoms with van der Waals surface area (Å²) in [6.07, 6.45) is 8.24. The Labute approximate surface area is 79.7 Å². The summed E-state index contributed by atoms with van der Waals surface area (Å²) >= 11 is 0. The molecule has 0 radical (unpaired) electrons. The van der Waals surface area contributed by atoms with Crippen LogP contribution in [0.25, 0.3) is 0 Å². The van der Waals surface area contributed by atoms with Crippen LogP contribution in [-0.2, 0) is 9.53 Å². The van der Waals surface area contributed by atoms with Crippen LogP contribution in [0.3, 0.4) is 0 Å². The molecule has 0 aromatic heterocycles. The molecular weight excluding hydrogens is 164 g/mol. The molecule has 1 aliphatic heterocycles. The lowest BCUT2D eigenvalue weighted by Crippen LogP contribution is -2.17. The van der Waals surface area contributed by atoms with E-state index < -0.39 is 0 Å². The van der Waals surface area contributed by atoms with E-state index in [4.69, 9.17) is 4.74 Å². The van der Waals surface area contributed by atoms with Crippen molar-refractivity contribution in [3.8, 4) is 0 Å². The van der Waals surface area contributed by atoms with Crippen LogP contribution in [0.15, 0.2) is 0 Å². The lowest BCUT2D eigenvalue weighted by molar-refractivity contribution is -0.112. The van der Waals surface area contributed by atoms with Gasteiger partial charge in [0.2, 0.25) is 0 Å². The van der Waals surface area contributed by atoms with Gasteiger partial charge in [-0.1, -0.05) is 0 Å². The first kappa shape index (κ1) is 9.20. The van der Waals surface area contributed by atoms with Crippen LogP contribution in [0.4, 0.5) is 0 Å². The first-order valence-electron chi connectivity index (χ1n) is 5.39. The van der Waals surface area contributed by atoms with Crippen molar-refractivity contribution in [2.24, 2.45) is 11.3 Å². The largest absolute Gasteiger partial charge is 0.381 e. The van der Waals surface area contributed by atoms with Crippen molar-refractivity contribution in [3.63, 3.8) is 0 Å². The summed E-state index contributed by atoms with van der Waals surface area (Å²) in [6.45, 7) is 1.86. The van der Waals surface area contributed by atoms with Crippen LogP contribution in [-0.4, -0.2) is 19.5 Å². The van der Waals surface area contributed by atoms with Crippen LogP contribution in [0.2, 0.25) is 0 Å². The van der Waals surface area contributed by atoms with E-state index in [0.29, 0.717) is 0 Å². The van der Waals surface area contributed by atoms with Crippen molar-refractivity contribution in [1.29, 1.82) is 0 Å². The van der Waals surface area contributed by atoms with Gasteiger partial charge in [0.25, 0.3) is 0 Å². The molecule has 0 unspecified atom stereocenters. The van der Waals surface area contributed by atoms with Gasteiger partial charge in [-0.05, 0) is 44.4 Å². The lowest BCUT2D eigenvalue weighted by Gasteiger charge is -2.22. The highest BCUT2D eigenvalue weighted by Gasteiger charge is 2.42. The Bertz CT molecular complexity index is 179. The Morgan fingerprint density at radius 1 is 1.31 bits per heavy atom. The minimum Gasteiger partial charge on any atom is -0.381 e. The monoisotopic (exact) mass is 182 g/mol. The summed E-state index contributed by atoms with van der Waals surface area (Å²) in [5.41, 5.74) is 0.123. The van der Waals surface area contributed by atoms with E-state index in [-0.39, 0.29) is 5.41 Å². The van der Waals surface area contributed by atoms with Crippen molar-refractivity contribution in [3.05, 3.63) is 0 Å². The van der Waals surface area contributed by atoms with Crippen LogP contribution in [0, 0.1) is 11.3 Å². The third kappa shape index (κ3) is 2.31. The predicted octanol–water partition coefficient (Wildman–Crippen LogP) is 2.17. The maximum absolute atomic E-state index is 10.7. The zero-order chi connectivity index (χ0) is 9.15. The highest BCUT2D eigenvalue weighted by atomic mass is 16.5. The van der Waals surface area contributed by atoms with Gasteiger partial charge in [-0.3, -0.25) is 0 Å². The summed E-state index contributed by atoms with van der Waals surface area (Å²) in [6, 6.07) is 0. The Kier molecular flexibility index (Phi) is 2.68. The molecule has 2 heteroatoms. The van der Waals surface area contributed by atoms with E-state index >= 15 is 0 Å². The van der Waals surface area contributed by atoms with E-state index in [0.717, 1.165) is 38.4 Å². The predicted molar refractivity (Wildman–Crippen MR) is 50.5 cm³/mol. The Hall–Kier alpha value is -0.370. The van der Waals surface area contributed by atoms with Gasteiger partial charge in [0.1, 0.15) is 6.29 Å². The molecule has 1 heterocycles. The molecular formula is C11H18O2. The quantitative estimate of drug-likeness (QED) is 0.623. The molecule has 0 amide bonds. The topological polar surface area (TPSA) is 26.3 Å². The molecule has 2 aliphatic rings. The molecule has 0 aromatic carbocycles. The van der Waals surface area contributed by atoms with E-state index in [1.165, 1.54) is 25.5 Å². The van der Waals surface area contributed by atoms with Crippen molar-refractivity contribution in [2.45, 2.75) is 38.5 Å². The summed E-state index contributed by atoms with van der Waals surface area (Å²) in [4.78, 5) is 10.7. The van der Waals surface area contributed by atoms with Gasteiger partial charge < -0.3 is 9.53 Å². The second-order valence-electron chi connectivity index (χ2n) is 4.57. The van der Waals surface area contributed by atoms with E-state index in [1.807, 2.05) is 0 Å². The summed E-state index contributed by atoms with van der Waals surface area (Å²) in [5, 5.41) is 0. The SMILES string of the molecule is O=CC1(CCC2CCOCC2)CC1. The van der Waals surface area contributed by atoms with Crippen molar-refractivity contribution in [1.82, 2.24) is 0 Å². The second kappa shape index (κ2) is 3.79. The number of rotatable bonds is 4. The standard InChI is InChI=1S/C11H18O2/c12-9-11(5-6-11)4-1-10-2-7-13-8-3-10/h9-10H,1-8H2. The van der Waals surface area contributed by atoms with E-state index in [1.54, 1.807) is 0 Å². The van der Waals surface area contributed by atoms with Gasteiger partial charge in [0.05, 0.1) is 0 Å². The van der Waals surface area contributed by atoms with E-state index in [2.05, 4.69) is 0 Å². The molecule has 2 rings (SSSR count). The fraction of sp³-hybridized carbons (Fsp3) is 0.909. The van der Waals surface area contributed by atoms with Gasteiger partial charge in [-0.2, -0.15) is 0 Å². The molecule has 0 aromatic rings. The maximum atomic E-state index is 10.7. The van der Waals surface area contributed by atoms with Crippen molar-refractivity contribution in [2.75, 3.05) is 13.2 Å². The minimum absolute atomic E-state index is 0.123. The fourth-order valence-corrected chi connectivity index (χ4v) is 2.11. The fourth-order valence-electron chi connectivity index (χ4n) is 2.11. The zero-order valence-electron chi connectivity index (χ0n) is 8.13. The molecule has 13 heavy (non-hydrogen) atoms. The normalized spacial score (nSPS) is 27.1. The number of aldehydes is 1. The van der Waals surface area contributed by atoms with Gasteiger partial charge >= 0.3 is 0 Å². The summed E-state index contributed by atoms with van der Waals surface area (Å²) in [7, 11) is 0. The Balaban J connectivity index is 1.69. The number of ether oxygens (including phenoxy) is 1. The van der Waals surface area contributed by atoms with Crippen molar-refractivity contribution >= 4 is 6.29 Å². The van der Waals surface area contributed by atoms with Crippen LogP contribution >= 0.6 is 0 Å². The minimum atomic E-state index is 0.123. The first-order valence-corrected chi connectivity index (χ1v) is 5.39. The Morgan fingerprint density at radius 2 is 2.00 bits per heavy atom. The average molecular weight is 182 g/mol. The molecule has 2 nitrogen and oxygen atoms in total. The second-order valence-corrected chi connectivity index (χ2v) is 4.57. The summed E-state index contributed by atoms with van der Waals surface area (Å²) in [5.74, 6) is 0.825. The average Bonchev–Trinajstić information content (AvgIpc) is 2.97.